The molecular weight excluding hydrogens is 304 g/mol. The first-order valence-corrected chi connectivity index (χ1v) is 8.43. The summed E-state index contributed by atoms with van der Waals surface area (Å²) in [5.74, 6) is 1.65. The van der Waals surface area contributed by atoms with Crippen molar-refractivity contribution in [1.82, 2.24) is 5.32 Å². The molecule has 0 aliphatic rings. The summed E-state index contributed by atoms with van der Waals surface area (Å²) in [6.07, 6.45) is 0. The van der Waals surface area contributed by atoms with Gasteiger partial charge in [-0.3, -0.25) is 4.79 Å². The van der Waals surface area contributed by atoms with Crippen LogP contribution in [-0.4, -0.2) is 25.7 Å². The molecule has 5 nitrogen and oxygen atoms in total. The van der Waals surface area contributed by atoms with E-state index in [2.05, 4.69) is 19.2 Å². The number of nitrogens with one attached hydrogen (secondary N) is 1. The highest BCUT2D eigenvalue weighted by molar-refractivity contribution is 5.82. The molecule has 5 heteroatoms. The van der Waals surface area contributed by atoms with Crippen LogP contribution in [0.3, 0.4) is 0 Å². The number of hydrogen-bond donors (Lipinski definition) is 2. The SMILES string of the molecule is COc1cc(C(C)NC(=O)[C@@H](N)C(C)(C)C)ccc1OCC(C)C. The van der Waals surface area contributed by atoms with E-state index in [-0.39, 0.29) is 17.4 Å². The molecule has 0 aliphatic carbocycles. The first kappa shape index (κ1) is 20.3. The van der Waals surface area contributed by atoms with E-state index >= 15 is 0 Å². The van der Waals surface area contributed by atoms with Crippen LogP contribution in [0.4, 0.5) is 0 Å². The minimum absolute atomic E-state index is 0.158. The molecule has 0 fully saturated rings. The van der Waals surface area contributed by atoms with Crippen LogP contribution < -0.4 is 20.5 Å². The minimum Gasteiger partial charge on any atom is -0.493 e. The molecule has 0 aliphatic heterocycles. The summed E-state index contributed by atoms with van der Waals surface area (Å²) in [6, 6.07) is 4.98. The van der Waals surface area contributed by atoms with Gasteiger partial charge in [0.2, 0.25) is 5.91 Å². The third-order valence-corrected chi connectivity index (χ3v) is 3.83. The number of amides is 1. The van der Waals surface area contributed by atoms with Gasteiger partial charge >= 0.3 is 0 Å². The lowest BCUT2D eigenvalue weighted by atomic mass is 9.86. The molecule has 24 heavy (non-hydrogen) atoms. The Balaban J connectivity index is 2.84. The molecule has 1 aromatic carbocycles. The molecule has 1 aromatic rings. The second-order valence-electron chi connectivity index (χ2n) is 7.69. The van der Waals surface area contributed by atoms with Crippen molar-refractivity contribution in [2.24, 2.45) is 17.1 Å². The van der Waals surface area contributed by atoms with Gasteiger partial charge in [-0.1, -0.05) is 40.7 Å². The maximum atomic E-state index is 12.3. The van der Waals surface area contributed by atoms with E-state index in [9.17, 15) is 4.79 Å². The average molecular weight is 336 g/mol. The molecule has 0 spiro atoms. The molecule has 3 N–H and O–H groups in total. The molecule has 0 aromatic heterocycles. The molecule has 0 saturated carbocycles. The fraction of sp³-hybridized carbons (Fsp3) is 0.632. The first-order valence-electron chi connectivity index (χ1n) is 8.43. The zero-order chi connectivity index (χ0) is 18.5. The van der Waals surface area contributed by atoms with Crippen molar-refractivity contribution in [3.8, 4) is 11.5 Å². The number of carbonyl (C=O) groups excluding carboxylic acids is 1. The normalized spacial score (nSPS) is 14.2. The Morgan fingerprint density at radius 1 is 1.21 bits per heavy atom. The number of rotatable bonds is 7. The molecule has 136 valence electrons. The molecule has 0 heterocycles. The number of benzene rings is 1. The maximum Gasteiger partial charge on any atom is 0.237 e. The number of ether oxygens (including phenoxy) is 2. The highest BCUT2D eigenvalue weighted by Crippen LogP contribution is 2.31. The minimum atomic E-state index is -0.560. The summed E-state index contributed by atoms with van der Waals surface area (Å²) in [7, 11) is 1.61. The van der Waals surface area contributed by atoms with E-state index in [0.29, 0.717) is 24.0 Å². The summed E-state index contributed by atoms with van der Waals surface area (Å²) in [5, 5.41) is 2.96. The van der Waals surface area contributed by atoms with E-state index in [0.717, 1.165) is 5.56 Å². The van der Waals surface area contributed by atoms with Gasteiger partial charge in [-0.25, -0.2) is 0 Å². The van der Waals surface area contributed by atoms with Gasteiger partial charge in [-0.15, -0.1) is 0 Å². The van der Waals surface area contributed by atoms with Crippen LogP contribution in [0.25, 0.3) is 0 Å². The highest BCUT2D eigenvalue weighted by atomic mass is 16.5. The fourth-order valence-corrected chi connectivity index (χ4v) is 2.11. The summed E-state index contributed by atoms with van der Waals surface area (Å²) in [5.41, 5.74) is 6.67. The lowest BCUT2D eigenvalue weighted by Crippen LogP contribution is -2.49. The molecule has 1 unspecified atom stereocenters. The van der Waals surface area contributed by atoms with Crippen LogP contribution in [0, 0.1) is 11.3 Å². The van der Waals surface area contributed by atoms with Crippen molar-refractivity contribution >= 4 is 5.91 Å². The van der Waals surface area contributed by atoms with E-state index in [1.54, 1.807) is 7.11 Å². The molecule has 1 amide bonds. The van der Waals surface area contributed by atoms with Crippen molar-refractivity contribution in [2.45, 2.75) is 53.6 Å². The fourth-order valence-electron chi connectivity index (χ4n) is 2.11. The predicted octanol–water partition coefficient (Wildman–Crippen LogP) is 3.28. The maximum absolute atomic E-state index is 12.3. The summed E-state index contributed by atoms with van der Waals surface area (Å²) < 4.78 is 11.2. The Bertz CT molecular complexity index is 550. The van der Waals surface area contributed by atoms with Crippen LogP contribution in [0.2, 0.25) is 0 Å². The van der Waals surface area contributed by atoms with Gasteiger partial charge in [0.25, 0.3) is 0 Å². The van der Waals surface area contributed by atoms with Crippen LogP contribution in [0.15, 0.2) is 18.2 Å². The lowest BCUT2D eigenvalue weighted by molar-refractivity contribution is -0.125. The van der Waals surface area contributed by atoms with Crippen molar-refractivity contribution in [2.75, 3.05) is 13.7 Å². The predicted molar refractivity (Wildman–Crippen MR) is 97.3 cm³/mol. The Hall–Kier alpha value is -1.75. The van der Waals surface area contributed by atoms with E-state index in [1.165, 1.54) is 0 Å². The van der Waals surface area contributed by atoms with Crippen molar-refractivity contribution in [3.63, 3.8) is 0 Å². The van der Waals surface area contributed by atoms with Crippen LogP contribution >= 0.6 is 0 Å². The van der Waals surface area contributed by atoms with Gasteiger partial charge < -0.3 is 20.5 Å². The van der Waals surface area contributed by atoms with Crippen LogP contribution in [0.1, 0.15) is 53.1 Å². The molecular formula is C19H32N2O3. The second kappa shape index (κ2) is 8.38. The third-order valence-electron chi connectivity index (χ3n) is 3.83. The smallest absolute Gasteiger partial charge is 0.237 e. The highest BCUT2D eigenvalue weighted by Gasteiger charge is 2.28. The topological polar surface area (TPSA) is 73.6 Å². The van der Waals surface area contributed by atoms with Gasteiger partial charge in [0.15, 0.2) is 11.5 Å². The summed E-state index contributed by atoms with van der Waals surface area (Å²) >= 11 is 0. The molecule has 1 rings (SSSR count). The number of carbonyl (C=O) groups is 1. The zero-order valence-electron chi connectivity index (χ0n) is 16.0. The van der Waals surface area contributed by atoms with Gasteiger partial charge in [0.05, 0.1) is 25.8 Å². The van der Waals surface area contributed by atoms with E-state index in [4.69, 9.17) is 15.2 Å². The zero-order valence-corrected chi connectivity index (χ0v) is 16.0. The van der Waals surface area contributed by atoms with Crippen LogP contribution in [0.5, 0.6) is 11.5 Å². The molecule has 2 atom stereocenters. The van der Waals surface area contributed by atoms with Gasteiger partial charge in [0.1, 0.15) is 0 Å². The van der Waals surface area contributed by atoms with Gasteiger partial charge in [0, 0.05) is 0 Å². The van der Waals surface area contributed by atoms with Crippen LogP contribution in [-0.2, 0) is 4.79 Å². The lowest BCUT2D eigenvalue weighted by Gasteiger charge is -2.27. The number of methoxy groups -OCH3 is 1. The van der Waals surface area contributed by atoms with Crippen molar-refractivity contribution in [3.05, 3.63) is 23.8 Å². The third kappa shape index (κ3) is 5.71. The van der Waals surface area contributed by atoms with Gasteiger partial charge in [-0.05, 0) is 36.0 Å². The molecule has 0 radical (unpaired) electrons. The number of hydrogen-bond acceptors (Lipinski definition) is 4. The molecule has 0 saturated heterocycles. The van der Waals surface area contributed by atoms with Crippen molar-refractivity contribution < 1.29 is 14.3 Å². The Labute approximate surface area is 145 Å². The Morgan fingerprint density at radius 3 is 2.33 bits per heavy atom. The Morgan fingerprint density at radius 2 is 1.83 bits per heavy atom. The largest absolute Gasteiger partial charge is 0.493 e. The first-order chi connectivity index (χ1) is 11.1. The second-order valence-corrected chi connectivity index (χ2v) is 7.69. The quantitative estimate of drug-likeness (QED) is 0.801. The monoisotopic (exact) mass is 336 g/mol. The van der Waals surface area contributed by atoms with Gasteiger partial charge in [-0.2, -0.15) is 0 Å². The Kier molecular flexibility index (Phi) is 7.08. The molecule has 0 bridgehead atoms. The van der Waals surface area contributed by atoms with E-state index < -0.39 is 6.04 Å². The standard InChI is InChI=1S/C19H32N2O3/c1-12(2)11-24-15-9-8-14(10-16(15)23-7)13(3)21-18(22)17(20)19(4,5)6/h8-10,12-13,17H,11,20H2,1-7H3,(H,21,22)/t13?,17-/m1/s1. The summed E-state index contributed by atoms with van der Waals surface area (Å²) in [4.78, 5) is 12.3. The summed E-state index contributed by atoms with van der Waals surface area (Å²) in [6.45, 7) is 12.6. The van der Waals surface area contributed by atoms with E-state index in [1.807, 2.05) is 45.9 Å². The number of nitrogens with two attached hydrogens (primary N) is 1. The average Bonchev–Trinajstić information content (AvgIpc) is 2.50. The van der Waals surface area contributed by atoms with Crippen molar-refractivity contribution in [1.29, 1.82) is 0 Å².